The van der Waals surface area contributed by atoms with Gasteiger partial charge in [0, 0.05) is 37.3 Å². The Bertz CT molecular complexity index is 210. The number of hydrogen-bond donors (Lipinski definition) is 4. The van der Waals surface area contributed by atoms with Crippen molar-refractivity contribution in [2.45, 2.75) is 75.5 Å². The van der Waals surface area contributed by atoms with Gasteiger partial charge < -0.3 is 22.1 Å². The first-order chi connectivity index (χ1) is 8.77. The van der Waals surface area contributed by atoms with E-state index in [1.54, 1.807) is 0 Å². The van der Waals surface area contributed by atoms with E-state index in [0.29, 0.717) is 24.2 Å². The summed E-state index contributed by atoms with van der Waals surface area (Å²) in [5, 5.41) is 7.19. The number of hydrogen-bond acceptors (Lipinski definition) is 4. The van der Waals surface area contributed by atoms with E-state index in [9.17, 15) is 0 Å². The quantitative estimate of drug-likeness (QED) is 0.545. The van der Waals surface area contributed by atoms with E-state index in [2.05, 4.69) is 10.6 Å². The smallest absolute Gasteiger partial charge is 0.0219 e. The third kappa shape index (κ3) is 4.19. The Morgan fingerprint density at radius 2 is 1.06 bits per heavy atom. The fourth-order valence-corrected chi connectivity index (χ4v) is 3.34. The molecule has 2 aliphatic carbocycles. The molecule has 4 heteroatoms. The molecule has 0 radical (unpaired) electrons. The molecule has 2 fully saturated rings. The van der Waals surface area contributed by atoms with Crippen LogP contribution in [0.15, 0.2) is 0 Å². The third-order valence-electron chi connectivity index (χ3n) is 4.58. The van der Waals surface area contributed by atoms with Gasteiger partial charge in [0.15, 0.2) is 0 Å². The molecule has 0 heterocycles. The van der Waals surface area contributed by atoms with Crippen LogP contribution in [0.25, 0.3) is 0 Å². The molecule has 2 saturated carbocycles. The van der Waals surface area contributed by atoms with E-state index in [1.807, 2.05) is 0 Å². The lowest BCUT2D eigenvalue weighted by molar-refractivity contribution is 0.306. The van der Waals surface area contributed by atoms with Crippen molar-refractivity contribution >= 4 is 0 Å². The van der Waals surface area contributed by atoms with E-state index < -0.39 is 0 Å². The molecule has 0 amide bonds. The Hall–Kier alpha value is -0.160. The van der Waals surface area contributed by atoms with Gasteiger partial charge in [0.2, 0.25) is 0 Å². The maximum Gasteiger partial charge on any atom is 0.0219 e. The number of rotatable bonds is 5. The Kier molecular flexibility index (Phi) is 5.89. The van der Waals surface area contributed by atoms with Gasteiger partial charge in [-0.25, -0.2) is 0 Å². The second-order valence-electron chi connectivity index (χ2n) is 6.02. The molecule has 0 aromatic rings. The lowest BCUT2D eigenvalue weighted by Gasteiger charge is -2.31. The van der Waals surface area contributed by atoms with Crippen LogP contribution in [0, 0.1) is 0 Å². The van der Waals surface area contributed by atoms with Crippen molar-refractivity contribution in [1.29, 1.82) is 0 Å². The molecule has 4 nitrogen and oxygen atoms in total. The molecule has 0 aliphatic heterocycles. The molecule has 6 N–H and O–H groups in total. The van der Waals surface area contributed by atoms with Crippen molar-refractivity contribution in [3.63, 3.8) is 0 Å². The predicted molar refractivity (Wildman–Crippen MR) is 76.5 cm³/mol. The predicted octanol–water partition coefficient (Wildman–Crippen LogP) is 0.705. The average Bonchev–Trinajstić information content (AvgIpc) is 2.38. The van der Waals surface area contributed by atoms with E-state index in [0.717, 1.165) is 13.1 Å². The molecule has 1 unspecified atom stereocenters. The van der Waals surface area contributed by atoms with E-state index >= 15 is 0 Å². The SMILES string of the molecule is N[C@H]1CCCCC1NCCN[C@@H]1CCCC[C@@H]1N. The number of nitrogens with one attached hydrogen (secondary N) is 2. The van der Waals surface area contributed by atoms with E-state index in [-0.39, 0.29) is 0 Å². The van der Waals surface area contributed by atoms with Gasteiger partial charge in [0.1, 0.15) is 0 Å². The molecule has 0 saturated heterocycles. The molecule has 0 aromatic carbocycles. The summed E-state index contributed by atoms with van der Waals surface area (Å²) in [7, 11) is 0. The van der Waals surface area contributed by atoms with Crippen molar-refractivity contribution < 1.29 is 0 Å². The van der Waals surface area contributed by atoms with Gasteiger partial charge in [-0.05, 0) is 25.7 Å². The largest absolute Gasteiger partial charge is 0.326 e. The molecule has 0 spiro atoms. The molecule has 2 rings (SSSR count). The summed E-state index contributed by atoms with van der Waals surface area (Å²) in [6.45, 7) is 2.03. The lowest BCUT2D eigenvalue weighted by Crippen LogP contribution is -2.51. The van der Waals surface area contributed by atoms with Crippen molar-refractivity contribution in [2.24, 2.45) is 11.5 Å². The normalized spacial score (nSPS) is 37.7. The zero-order valence-corrected chi connectivity index (χ0v) is 11.5. The maximum absolute atomic E-state index is 6.12. The molecule has 4 atom stereocenters. The van der Waals surface area contributed by atoms with Crippen molar-refractivity contribution in [3.8, 4) is 0 Å². The van der Waals surface area contributed by atoms with Gasteiger partial charge >= 0.3 is 0 Å². The highest BCUT2D eigenvalue weighted by atomic mass is 15.0. The Morgan fingerprint density at radius 3 is 1.44 bits per heavy atom. The van der Waals surface area contributed by atoms with Crippen molar-refractivity contribution in [1.82, 2.24) is 10.6 Å². The summed E-state index contributed by atoms with van der Waals surface area (Å²) in [6.07, 6.45) is 10.1. The standard InChI is InChI=1S/C14H30N4/c15-11-5-1-3-7-13(11)17-9-10-18-14-8-4-2-6-12(14)16/h11-14,17-18H,1-10,15-16H2/t11-,12-,13+,14?/m0/s1. The second kappa shape index (κ2) is 7.43. The Balaban J connectivity index is 1.57. The molecule has 2 aliphatic rings. The first-order valence-electron chi connectivity index (χ1n) is 7.75. The summed E-state index contributed by atoms with van der Waals surface area (Å²) < 4.78 is 0. The average molecular weight is 254 g/mol. The van der Waals surface area contributed by atoms with Gasteiger partial charge in [-0.1, -0.05) is 25.7 Å². The van der Waals surface area contributed by atoms with Crippen LogP contribution in [-0.4, -0.2) is 37.3 Å². The number of nitrogens with two attached hydrogens (primary N) is 2. The highest BCUT2D eigenvalue weighted by Gasteiger charge is 2.22. The topological polar surface area (TPSA) is 76.1 Å². The molecule has 0 aromatic heterocycles. The van der Waals surface area contributed by atoms with Crippen LogP contribution in [0.4, 0.5) is 0 Å². The Morgan fingerprint density at radius 1 is 0.667 bits per heavy atom. The maximum atomic E-state index is 6.12. The lowest BCUT2D eigenvalue weighted by atomic mass is 9.90. The van der Waals surface area contributed by atoms with E-state index in [4.69, 9.17) is 11.5 Å². The van der Waals surface area contributed by atoms with Gasteiger partial charge in [0.05, 0.1) is 0 Å². The summed E-state index contributed by atoms with van der Waals surface area (Å²) in [6, 6.07) is 1.77. The summed E-state index contributed by atoms with van der Waals surface area (Å²) >= 11 is 0. The highest BCUT2D eigenvalue weighted by Crippen LogP contribution is 2.17. The Labute approximate surface area is 111 Å². The van der Waals surface area contributed by atoms with Gasteiger partial charge in [-0.2, -0.15) is 0 Å². The van der Waals surface area contributed by atoms with Crippen LogP contribution >= 0.6 is 0 Å². The van der Waals surface area contributed by atoms with Crippen LogP contribution in [0.2, 0.25) is 0 Å². The molecular formula is C14H30N4. The molecular weight excluding hydrogens is 224 g/mol. The first-order valence-corrected chi connectivity index (χ1v) is 7.75. The van der Waals surface area contributed by atoms with Crippen LogP contribution in [0.1, 0.15) is 51.4 Å². The summed E-state index contributed by atoms with van der Waals surface area (Å²) in [4.78, 5) is 0. The summed E-state index contributed by atoms with van der Waals surface area (Å²) in [5.41, 5.74) is 12.2. The molecule has 18 heavy (non-hydrogen) atoms. The minimum Gasteiger partial charge on any atom is -0.326 e. The van der Waals surface area contributed by atoms with Gasteiger partial charge in [0.25, 0.3) is 0 Å². The fourth-order valence-electron chi connectivity index (χ4n) is 3.34. The zero-order chi connectivity index (χ0) is 12.8. The second-order valence-corrected chi connectivity index (χ2v) is 6.02. The van der Waals surface area contributed by atoms with Crippen LogP contribution in [0.5, 0.6) is 0 Å². The van der Waals surface area contributed by atoms with Crippen LogP contribution in [-0.2, 0) is 0 Å². The molecule has 0 bridgehead atoms. The minimum absolute atomic E-state index is 0.357. The fraction of sp³-hybridized carbons (Fsp3) is 1.00. The van der Waals surface area contributed by atoms with Crippen molar-refractivity contribution in [2.75, 3.05) is 13.1 Å². The molecule has 106 valence electrons. The van der Waals surface area contributed by atoms with Crippen LogP contribution in [0.3, 0.4) is 0 Å². The highest BCUT2D eigenvalue weighted by molar-refractivity contribution is 4.86. The first kappa shape index (κ1) is 14.3. The van der Waals surface area contributed by atoms with Crippen molar-refractivity contribution in [3.05, 3.63) is 0 Å². The van der Waals surface area contributed by atoms with Crippen LogP contribution < -0.4 is 22.1 Å². The third-order valence-corrected chi connectivity index (χ3v) is 4.58. The van der Waals surface area contributed by atoms with E-state index in [1.165, 1.54) is 51.4 Å². The monoisotopic (exact) mass is 254 g/mol. The van der Waals surface area contributed by atoms with Gasteiger partial charge in [-0.3, -0.25) is 0 Å². The summed E-state index contributed by atoms with van der Waals surface area (Å²) in [5.74, 6) is 0. The van der Waals surface area contributed by atoms with Gasteiger partial charge in [-0.15, -0.1) is 0 Å². The zero-order valence-electron chi connectivity index (χ0n) is 11.5. The minimum atomic E-state index is 0.357.